The van der Waals surface area contributed by atoms with Crippen molar-refractivity contribution in [3.63, 3.8) is 0 Å². The monoisotopic (exact) mass is 264 g/mol. The zero-order valence-corrected chi connectivity index (χ0v) is 10.6. The molecule has 1 aromatic carbocycles. The largest absolute Gasteiger partial charge is 0.477 e. The molecular formula is C13H16N2O4. The van der Waals surface area contributed by atoms with E-state index in [4.69, 9.17) is 5.11 Å². The maximum Gasteiger partial charge on any atom is 0.342 e. The number of anilines is 1. The zero-order valence-electron chi connectivity index (χ0n) is 10.6. The van der Waals surface area contributed by atoms with Gasteiger partial charge in [0.25, 0.3) is 0 Å². The highest BCUT2D eigenvalue weighted by Crippen LogP contribution is 2.33. The summed E-state index contributed by atoms with van der Waals surface area (Å²) in [5.74, 6) is -0.686. The fourth-order valence-electron chi connectivity index (χ4n) is 2.59. The number of nitrogens with one attached hydrogen (secondary N) is 1. The van der Waals surface area contributed by atoms with Crippen molar-refractivity contribution in [2.24, 2.45) is 5.92 Å². The predicted octanol–water partition coefficient (Wildman–Crippen LogP) is 2.89. The Morgan fingerprint density at radius 2 is 2.21 bits per heavy atom. The molecule has 1 fully saturated rings. The van der Waals surface area contributed by atoms with Crippen LogP contribution in [0.4, 0.5) is 11.4 Å². The first-order valence-corrected chi connectivity index (χ1v) is 6.26. The molecule has 0 spiro atoms. The number of rotatable bonds is 4. The van der Waals surface area contributed by atoms with Gasteiger partial charge in [0.05, 0.1) is 4.92 Å². The summed E-state index contributed by atoms with van der Waals surface area (Å²) in [5, 5.41) is 23.2. The molecule has 0 radical (unpaired) electrons. The number of carboxylic acids is 1. The molecule has 0 heterocycles. The molecule has 0 bridgehead atoms. The fraction of sp³-hybridized carbons (Fsp3) is 0.462. The summed E-state index contributed by atoms with van der Waals surface area (Å²) in [6.07, 6.45) is 2.99. The van der Waals surface area contributed by atoms with Gasteiger partial charge < -0.3 is 10.4 Å². The number of benzene rings is 1. The molecular weight excluding hydrogens is 248 g/mol. The van der Waals surface area contributed by atoms with E-state index in [1.54, 1.807) is 6.07 Å². The number of carbonyl (C=O) groups is 1. The van der Waals surface area contributed by atoms with Crippen LogP contribution in [0.15, 0.2) is 18.2 Å². The van der Waals surface area contributed by atoms with Crippen molar-refractivity contribution in [3.8, 4) is 0 Å². The average Bonchev–Trinajstić information content (AvgIpc) is 2.74. The van der Waals surface area contributed by atoms with Gasteiger partial charge in [-0.15, -0.1) is 0 Å². The number of nitro benzene ring substituents is 1. The second kappa shape index (κ2) is 5.26. The van der Waals surface area contributed by atoms with Gasteiger partial charge in [-0.3, -0.25) is 10.1 Å². The maximum atomic E-state index is 11.1. The Morgan fingerprint density at radius 1 is 1.47 bits per heavy atom. The van der Waals surface area contributed by atoms with Crippen LogP contribution in [0.2, 0.25) is 0 Å². The molecule has 1 saturated carbocycles. The summed E-state index contributed by atoms with van der Waals surface area (Å²) in [7, 11) is 0. The molecule has 0 aromatic heterocycles. The standard InChI is InChI=1S/C13H16N2O4/c1-8-5-6-9(7-8)14-11-4-2-3-10(13(16)17)12(11)15(18)19/h2-4,8-9,14H,5-7H2,1H3,(H,16,17). The molecule has 1 aromatic rings. The fourth-order valence-corrected chi connectivity index (χ4v) is 2.59. The van der Waals surface area contributed by atoms with E-state index in [0.29, 0.717) is 11.6 Å². The molecule has 1 aliphatic rings. The minimum Gasteiger partial charge on any atom is -0.477 e. The molecule has 0 aliphatic heterocycles. The van der Waals surface area contributed by atoms with Crippen LogP contribution in [0.5, 0.6) is 0 Å². The normalized spacial score (nSPS) is 22.2. The summed E-state index contributed by atoms with van der Waals surface area (Å²) in [6.45, 7) is 2.14. The van der Waals surface area contributed by atoms with Crippen molar-refractivity contribution < 1.29 is 14.8 Å². The third-order valence-electron chi connectivity index (χ3n) is 3.50. The van der Waals surface area contributed by atoms with E-state index in [9.17, 15) is 14.9 Å². The summed E-state index contributed by atoms with van der Waals surface area (Å²) in [6, 6.07) is 4.52. The first-order chi connectivity index (χ1) is 8.99. The Bertz CT molecular complexity index is 515. The van der Waals surface area contributed by atoms with Crippen LogP contribution in [0.1, 0.15) is 36.5 Å². The van der Waals surface area contributed by atoms with Gasteiger partial charge in [0.1, 0.15) is 11.3 Å². The number of aromatic carboxylic acids is 1. The van der Waals surface area contributed by atoms with Gasteiger partial charge in [-0.25, -0.2) is 4.79 Å². The van der Waals surface area contributed by atoms with E-state index < -0.39 is 10.9 Å². The van der Waals surface area contributed by atoms with Gasteiger partial charge >= 0.3 is 11.7 Å². The van der Waals surface area contributed by atoms with Crippen LogP contribution >= 0.6 is 0 Å². The third-order valence-corrected chi connectivity index (χ3v) is 3.50. The van der Waals surface area contributed by atoms with Gasteiger partial charge in [-0.1, -0.05) is 13.0 Å². The maximum absolute atomic E-state index is 11.1. The lowest BCUT2D eigenvalue weighted by molar-refractivity contribution is -0.384. The SMILES string of the molecule is CC1CCC(Nc2cccc(C(=O)O)c2[N+](=O)[O-])C1. The van der Waals surface area contributed by atoms with Gasteiger partial charge in [0.2, 0.25) is 0 Å². The number of nitrogens with zero attached hydrogens (tertiary/aromatic N) is 1. The van der Waals surface area contributed by atoms with Crippen molar-refractivity contribution in [1.29, 1.82) is 0 Å². The lowest BCUT2D eigenvalue weighted by atomic mass is 10.1. The Kier molecular flexibility index (Phi) is 3.69. The van der Waals surface area contributed by atoms with Gasteiger partial charge in [0.15, 0.2) is 0 Å². The molecule has 102 valence electrons. The molecule has 2 N–H and O–H groups in total. The Morgan fingerprint density at radius 3 is 2.74 bits per heavy atom. The number of hydrogen-bond donors (Lipinski definition) is 2. The van der Waals surface area contributed by atoms with Crippen molar-refractivity contribution >= 4 is 17.3 Å². The molecule has 19 heavy (non-hydrogen) atoms. The summed E-state index contributed by atoms with van der Waals surface area (Å²) >= 11 is 0. The first-order valence-electron chi connectivity index (χ1n) is 6.26. The van der Waals surface area contributed by atoms with E-state index in [-0.39, 0.29) is 17.3 Å². The van der Waals surface area contributed by atoms with Crippen molar-refractivity contribution in [3.05, 3.63) is 33.9 Å². The predicted molar refractivity (Wildman–Crippen MR) is 70.5 cm³/mol. The number of carboxylic acid groups (broad SMARTS) is 1. The second-order valence-corrected chi connectivity index (χ2v) is 5.02. The highest BCUT2D eigenvalue weighted by molar-refractivity contribution is 5.95. The topological polar surface area (TPSA) is 92.5 Å². The van der Waals surface area contributed by atoms with E-state index in [2.05, 4.69) is 12.2 Å². The zero-order chi connectivity index (χ0) is 14.0. The second-order valence-electron chi connectivity index (χ2n) is 5.02. The molecule has 2 atom stereocenters. The van der Waals surface area contributed by atoms with Gasteiger partial charge in [-0.2, -0.15) is 0 Å². The van der Waals surface area contributed by atoms with E-state index in [1.807, 2.05) is 0 Å². The summed E-state index contributed by atoms with van der Waals surface area (Å²) in [4.78, 5) is 21.5. The van der Waals surface area contributed by atoms with Crippen molar-refractivity contribution in [2.45, 2.75) is 32.2 Å². The molecule has 2 unspecified atom stereocenters. The first kappa shape index (κ1) is 13.3. The Balaban J connectivity index is 2.31. The molecule has 6 nitrogen and oxygen atoms in total. The summed E-state index contributed by atoms with van der Waals surface area (Å²) < 4.78 is 0. The van der Waals surface area contributed by atoms with Crippen molar-refractivity contribution in [1.82, 2.24) is 0 Å². The number of para-hydroxylation sites is 1. The molecule has 0 saturated heterocycles. The number of nitro groups is 1. The Hall–Kier alpha value is -2.11. The molecule has 2 rings (SSSR count). The van der Waals surface area contributed by atoms with Crippen LogP contribution < -0.4 is 5.32 Å². The van der Waals surface area contributed by atoms with Crippen LogP contribution in [0.3, 0.4) is 0 Å². The Labute approximate surface area is 110 Å². The molecule has 0 amide bonds. The summed E-state index contributed by atoms with van der Waals surface area (Å²) in [5.41, 5.74) is -0.334. The molecule has 6 heteroatoms. The van der Waals surface area contributed by atoms with Crippen LogP contribution in [-0.2, 0) is 0 Å². The quantitative estimate of drug-likeness (QED) is 0.644. The number of hydrogen-bond acceptors (Lipinski definition) is 4. The van der Waals surface area contributed by atoms with E-state index >= 15 is 0 Å². The highest BCUT2D eigenvalue weighted by Gasteiger charge is 2.27. The minimum absolute atomic E-state index is 0.178. The highest BCUT2D eigenvalue weighted by atomic mass is 16.6. The third kappa shape index (κ3) is 2.83. The van der Waals surface area contributed by atoms with E-state index in [1.165, 1.54) is 12.1 Å². The van der Waals surface area contributed by atoms with Gasteiger partial charge in [0, 0.05) is 6.04 Å². The van der Waals surface area contributed by atoms with E-state index in [0.717, 1.165) is 19.3 Å². The smallest absolute Gasteiger partial charge is 0.342 e. The molecule has 1 aliphatic carbocycles. The van der Waals surface area contributed by atoms with Gasteiger partial charge in [-0.05, 0) is 37.3 Å². The van der Waals surface area contributed by atoms with Crippen molar-refractivity contribution in [2.75, 3.05) is 5.32 Å². The average molecular weight is 264 g/mol. The minimum atomic E-state index is -1.28. The lowest BCUT2D eigenvalue weighted by Crippen LogP contribution is -2.17. The van der Waals surface area contributed by atoms with Crippen LogP contribution in [-0.4, -0.2) is 22.0 Å². The van der Waals surface area contributed by atoms with Crippen LogP contribution in [0, 0.1) is 16.0 Å². The van der Waals surface area contributed by atoms with Crippen LogP contribution in [0.25, 0.3) is 0 Å². The lowest BCUT2D eigenvalue weighted by Gasteiger charge is -2.14.